The summed E-state index contributed by atoms with van der Waals surface area (Å²) in [6.45, 7) is 0. The van der Waals surface area contributed by atoms with Gasteiger partial charge in [-0.25, -0.2) is 4.98 Å². The minimum Gasteiger partial charge on any atom is -0.353 e. The van der Waals surface area contributed by atoms with Gasteiger partial charge in [0.2, 0.25) is 5.91 Å². The van der Waals surface area contributed by atoms with Crippen LogP contribution >= 0.6 is 11.3 Å². The Kier molecular flexibility index (Phi) is 6.17. The average Bonchev–Trinajstić information content (AvgIpc) is 3.08. The maximum absolute atomic E-state index is 12.1. The summed E-state index contributed by atoms with van der Waals surface area (Å²) >= 11 is 1.28. The SMILES string of the molecule is O=C(CCc1csc(NC(=O)c2ccc[nH]c2=O)n1)NC1CCCCC1. The largest absolute Gasteiger partial charge is 0.353 e. The lowest BCUT2D eigenvalue weighted by Crippen LogP contribution is -2.36. The first-order chi connectivity index (χ1) is 12.6. The maximum atomic E-state index is 12.1. The molecule has 0 spiro atoms. The molecule has 1 saturated carbocycles. The van der Waals surface area contributed by atoms with Gasteiger partial charge in [0.05, 0.1) is 5.69 Å². The molecule has 2 aromatic rings. The highest BCUT2D eigenvalue weighted by Crippen LogP contribution is 2.19. The molecule has 8 heteroatoms. The minimum atomic E-state index is -0.497. The molecule has 3 rings (SSSR count). The third-order valence-electron chi connectivity index (χ3n) is 4.41. The normalized spacial score (nSPS) is 14.8. The zero-order valence-electron chi connectivity index (χ0n) is 14.4. The van der Waals surface area contributed by atoms with Gasteiger partial charge in [-0.15, -0.1) is 11.3 Å². The maximum Gasteiger partial charge on any atom is 0.263 e. The number of rotatable bonds is 6. The fourth-order valence-corrected chi connectivity index (χ4v) is 3.77. The van der Waals surface area contributed by atoms with Crippen LogP contribution in [0.15, 0.2) is 28.5 Å². The number of nitrogens with one attached hydrogen (secondary N) is 3. The van der Waals surface area contributed by atoms with Crippen molar-refractivity contribution in [3.63, 3.8) is 0 Å². The number of aromatic nitrogens is 2. The molecule has 138 valence electrons. The molecular weight excluding hydrogens is 352 g/mol. The quantitative estimate of drug-likeness (QED) is 0.722. The smallest absolute Gasteiger partial charge is 0.263 e. The van der Waals surface area contributed by atoms with E-state index in [0.717, 1.165) is 18.5 Å². The lowest BCUT2D eigenvalue weighted by atomic mass is 9.95. The fourth-order valence-electron chi connectivity index (χ4n) is 3.03. The van der Waals surface area contributed by atoms with E-state index in [2.05, 4.69) is 20.6 Å². The topological polar surface area (TPSA) is 104 Å². The molecule has 1 fully saturated rings. The molecule has 26 heavy (non-hydrogen) atoms. The number of nitrogens with zero attached hydrogens (tertiary/aromatic N) is 1. The Morgan fingerprint density at radius 2 is 2.08 bits per heavy atom. The molecule has 1 aliphatic carbocycles. The Hall–Kier alpha value is -2.48. The second-order valence-corrected chi connectivity index (χ2v) is 7.27. The van der Waals surface area contributed by atoms with E-state index in [0.29, 0.717) is 24.0 Å². The van der Waals surface area contributed by atoms with E-state index < -0.39 is 11.5 Å². The number of hydrogen-bond acceptors (Lipinski definition) is 5. The van der Waals surface area contributed by atoms with Gasteiger partial charge >= 0.3 is 0 Å². The van der Waals surface area contributed by atoms with Gasteiger partial charge in [-0.05, 0) is 31.4 Å². The van der Waals surface area contributed by atoms with Gasteiger partial charge in [-0.3, -0.25) is 19.7 Å². The zero-order valence-corrected chi connectivity index (χ0v) is 15.2. The lowest BCUT2D eigenvalue weighted by molar-refractivity contribution is -0.122. The van der Waals surface area contributed by atoms with Gasteiger partial charge in [0, 0.05) is 24.0 Å². The number of anilines is 1. The van der Waals surface area contributed by atoms with Crippen LogP contribution in [0.3, 0.4) is 0 Å². The van der Waals surface area contributed by atoms with Crippen molar-refractivity contribution in [2.75, 3.05) is 5.32 Å². The van der Waals surface area contributed by atoms with Crippen LogP contribution in [-0.2, 0) is 11.2 Å². The Labute approximate surface area is 155 Å². The molecule has 2 aromatic heterocycles. The summed E-state index contributed by atoms with van der Waals surface area (Å²) in [5, 5.41) is 7.94. The monoisotopic (exact) mass is 374 g/mol. The number of carbonyl (C=O) groups is 2. The molecule has 0 radical (unpaired) electrons. The van der Waals surface area contributed by atoms with Gasteiger partial charge in [0.15, 0.2) is 5.13 Å². The highest BCUT2D eigenvalue weighted by atomic mass is 32.1. The van der Waals surface area contributed by atoms with Gasteiger partial charge < -0.3 is 10.3 Å². The number of carbonyl (C=O) groups excluding carboxylic acids is 2. The van der Waals surface area contributed by atoms with Crippen molar-refractivity contribution in [2.24, 2.45) is 0 Å². The molecule has 7 nitrogen and oxygen atoms in total. The average molecular weight is 374 g/mol. The Morgan fingerprint density at radius 1 is 1.27 bits per heavy atom. The van der Waals surface area contributed by atoms with Crippen LogP contribution in [0.25, 0.3) is 0 Å². The van der Waals surface area contributed by atoms with Crippen LogP contribution in [0.1, 0.15) is 54.6 Å². The predicted octanol–water partition coefficient (Wildman–Crippen LogP) is 2.47. The van der Waals surface area contributed by atoms with Crippen LogP contribution in [0.4, 0.5) is 5.13 Å². The summed E-state index contributed by atoms with van der Waals surface area (Å²) in [6, 6.07) is 3.36. The second kappa shape index (κ2) is 8.75. The molecule has 0 aliphatic heterocycles. The first-order valence-electron chi connectivity index (χ1n) is 8.84. The van der Waals surface area contributed by atoms with Crippen molar-refractivity contribution in [3.8, 4) is 0 Å². The third kappa shape index (κ3) is 5.01. The summed E-state index contributed by atoms with van der Waals surface area (Å²) in [5.41, 5.74) is 0.350. The molecule has 0 atom stereocenters. The van der Waals surface area contributed by atoms with Crippen LogP contribution in [-0.4, -0.2) is 27.8 Å². The number of aryl methyl sites for hydroxylation is 1. The molecule has 3 N–H and O–H groups in total. The third-order valence-corrected chi connectivity index (χ3v) is 5.22. The standard InChI is InChI=1S/C18H22N4O3S/c23-15(20-12-5-2-1-3-6-12)9-8-13-11-26-18(21-13)22-17(25)14-7-4-10-19-16(14)24/h4,7,10-12H,1-3,5-6,8-9H2,(H,19,24)(H,20,23)(H,21,22,25). The first kappa shape index (κ1) is 18.3. The lowest BCUT2D eigenvalue weighted by Gasteiger charge is -2.22. The van der Waals surface area contributed by atoms with Gasteiger partial charge in [-0.2, -0.15) is 0 Å². The van der Waals surface area contributed by atoms with Crippen LogP contribution in [0, 0.1) is 0 Å². The van der Waals surface area contributed by atoms with E-state index >= 15 is 0 Å². The van der Waals surface area contributed by atoms with Crippen molar-refractivity contribution in [1.82, 2.24) is 15.3 Å². The van der Waals surface area contributed by atoms with Crippen molar-refractivity contribution in [3.05, 3.63) is 45.3 Å². The van der Waals surface area contributed by atoms with Crippen LogP contribution in [0.5, 0.6) is 0 Å². The molecular formula is C18H22N4O3S. The summed E-state index contributed by atoms with van der Waals surface area (Å²) in [6.07, 6.45) is 8.14. The second-order valence-electron chi connectivity index (χ2n) is 6.41. The summed E-state index contributed by atoms with van der Waals surface area (Å²) < 4.78 is 0. The molecule has 2 amide bonds. The Balaban J connectivity index is 1.48. The van der Waals surface area contributed by atoms with E-state index in [9.17, 15) is 14.4 Å². The molecule has 0 bridgehead atoms. The molecule has 0 aromatic carbocycles. The number of thiazole rings is 1. The van der Waals surface area contributed by atoms with Gasteiger partial charge in [-0.1, -0.05) is 19.3 Å². The Bertz CT molecular complexity index is 824. The predicted molar refractivity (Wildman–Crippen MR) is 100 cm³/mol. The van der Waals surface area contributed by atoms with Gasteiger partial charge in [0.25, 0.3) is 11.5 Å². The molecule has 0 unspecified atom stereocenters. The van der Waals surface area contributed by atoms with E-state index in [1.807, 2.05) is 5.38 Å². The summed E-state index contributed by atoms with van der Waals surface area (Å²) in [4.78, 5) is 42.5. The number of H-pyrrole nitrogens is 1. The van der Waals surface area contributed by atoms with E-state index in [1.165, 1.54) is 42.9 Å². The van der Waals surface area contributed by atoms with Crippen molar-refractivity contribution < 1.29 is 9.59 Å². The number of amides is 2. The first-order valence-corrected chi connectivity index (χ1v) is 9.72. The Morgan fingerprint density at radius 3 is 2.85 bits per heavy atom. The summed E-state index contributed by atoms with van der Waals surface area (Å²) in [7, 11) is 0. The summed E-state index contributed by atoms with van der Waals surface area (Å²) in [5.74, 6) is -0.450. The highest BCUT2D eigenvalue weighted by molar-refractivity contribution is 7.14. The van der Waals surface area contributed by atoms with Crippen LogP contribution < -0.4 is 16.2 Å². The van der Waals surface area contributed by atoms with E-state index in [-0.39, 0.29) is 11.5 Å². The number of aromatic amines is 1. The van der Waals surface area contributed by atoms with Gasteiger partial charge in [0.1, 0.15) is 5.56 Å². The molecule has 2 heterocycles. The van der Waals surface area contributed by atoms with Crippen molar-refractivity contribution in [1.29, 1.82) is 0 Å². The number of hydrogen-bond donors (Lipinski definition) is 3. The van der Waals surface area contributed by atoms with E-state index in [1.54, 1.807) is 6.07 Å². The minimum absolute atomic E-state index is 0.0381. The molecule has 1 aliphatic rings. The van der Waals surface area contributed by atoms with E-state index in [4.69, 9.17) is 0 Å². The number of pyridine rings is 1. The fraction of sp³-hybridized carbons (Fsp3) is 0.444. The highest BCUT2D eigenvalue weighted by Gasteiger charge is 2.16. The van der Waals surface area contributed by atoms with Crippen LogP contribution in [0.2, 0.25) is 0 Å². The van der Waals surface area contributed by atoms with Crippen molar-refractivity contribution >= 4 is 28.3 Å². The van der Waals surface area contributed by atoms with Crippen molar-refractivity contribution in [2.45, 2.75) is 51.0 Å². The zero-order chi connectivity index (χ0) is 18.4. The molecule has 0 saturated heterocycles.